The Labute approximate surface area is 119 Å². The molecule has 1 aromatic rings. The van der Waals surface area contributed by atoms with E-state index < -0.39 is 0 Å². The van der Waals surface area contributed by atoms with Crippen molar-refractivity contribution in [3.05, 3.63) is 17.6 Å². The van der Waals surface area contributed by atoms with Crippen LogP contribution in [0.1, 0.15) is 41.9 Å². The van der Waals surface area contributed by atoms with Gasteiger partial charge in [0.25, 0.3) is 5.91 Å². The third kappa shape index (κ3) is 2.60. The Morgan fingerprint density at radius 3 is 2.60 bits per heavy atom. The molecule has 1 aliphatic heterocycles. The van der Waals surface area contributed by atoms with Crippen LogP contribution < -0.4 is 5.73 Å². The van der Waals surface area contributed by atoms with Crippen molar-refractivity contribution in [2.75, 3.05) is 38.5 Å². The summed E-state index contributed by atoms with van der Waals surface area (Å²) in [5.74, 6) is 1.52. The molecule has 1 aromatic heterocycles. The lowest BCUT2D eigenvalue weighted by atomic mass is 10.2. The maximum absolute atomic E-state index is 12.5. The van der Waals surface area contributed by atoms with E-state index in [1.54, 1.807) is 6.20 Å². The van der Waals surface area contributed by atoms with E-state index >= 15 is 0 Å². The average molecular weight is 275 g/mol. The number of nitrogens with zero attached hydrogens (tertiary/aromatic N) is 4. The quantitative estimate of drug-likeness (QED) is 0.879. The van der Waals surface area contributed by atoms with Gasteiger partial charge in [0.15, 0.2) is 0 Å². The van der Waals surface area contributed by atoms with Gasteiger partial charge >= 0.3 is 0 Å². The molecular weight excluding hydrogens is 254 g/mol. The van der Waals surface area contributed by atoms with Crippen LogP contribution in [-0.2, 0) is 0 Å². The molecular formula is C14H21N5O. The Kier molecular flexibility index (Phi) is 3.56. The van der Waals surface area contributed by atoms with Gasteiger partial charge in [-0.1, -0.05) is 6.92 Å². The van der Waals surface area contributed by atoms with E-state index in [1.165, 1.54) is 0 Å². The Morgan fingerprint density at radius 2 is 2.05 bits per heavy atom. The van der Waals surface area contributed by atoms with Gasteiger partial charge in [-0.05, 0) is 19.4 Å². The summed E-state index contributed by atoms with van der Waals surface area (Å²) in [5, 5.41) is 0. The number of anilines is 1. The number of hydrogen-bond donors (Lipinski definition) is 1. The van der Waals surface area contributed by atoms with Gasteiger partial charge in [0, 0.05) is 38.3 Å². The normalized spacial score (nSPS) is 20.1. The summed E-state index contributed by atoms with van der Waals surface area (Å²) in [6, 6.07) is 0. The first kappa shape index (κ1) is 13.3. The molecule has 1 saturated heterocycles. The van der Waals surface area contributed by atoms with Crippen molar-refractivity contribution in [2.24, 2.45) is 0 Å². The maximum atomic E-state index is 12.5. The van der Waals surface area contributed by atoms with Crippen LogP contribution in [0.2, 0.25) is 0 Å². The molecule has 2 fully saturated rings. The number of carbonyl (C=O) groups is 1. The van der Waals surface area contributed by atoms with Gasteiger partial charge in [-0.15, -0.1) is 0 Å². The van der Waals surface area contributed by atoms with Gasteiger partial charge in [-0.3, -0.25) is 4.79 Å². The maximum Gasteiger partial charge on any atom is 0.259 e. The minimum atomic E-state index is -0.0411. The van der Waals surface area contributed by atoms with E-state index in [-0.39, 0.29) is 5.91 Å². The topological polar surface area (TPSA) is 75.3 Å². The number of piperazine rings is 1. The first-order valence-electron chi connectivity index (χ1n) is 7.33. The van der Waals surface area contributed by atoms with Crippen molar-refractivity contribution in [1.29, 1.82) is 0 Å². The smallest absolute Gasteiger partial charge is 0.259 e. The molecule has 20 heavy (non-hydrogen) atoms. The lowest BCUT2D eigenvalue weighted by molar-refractivity contribution is 0.0643. The van der Waals surface area contributed by atoms with E-state index in [0.29, 0.717) is 17.3 Å². The Bertz CT molecular complexity index is 506. The third-order valence-corrected chi connectivity index (χ3v) is 4.12. The Morgan fingerprint density at radius 1 is 1.35 bits per heavy atom. The molecule has 6 heteroatoms. The average Bonchev–Trinajstić information content (AvgIpc) is 3.31. The lowest BCUT2D eigenvalue weighted by Gasteiger charge is -2.34. The molecule has 1 amide bonds. The summed E-state index contributed by atoms with van der Waals surface area (Å²) < 4.78 is 0. The molecule has 0 unspecified atom stereocenters. The zero-order valence-corrected chi connectivity index (χ0v) is 11.9. The zero-order valence-electron chi connectivity index (χ0n) is 11.9. The molecule has 2 N–H and O–H groups in total. The fourth-order valence-corrected chi connectivity index (χ4v) is 2.55. The van der Waals surface area contributed by atoms with Crippen molar-refractivity contribution in [2.45, 2.75) is 25.7 Å². The molecule has 0 radical (unpaired) electrons. The van der Waals surface area contributed by atoms with Crippen molar-refractivity contribution < 1.29 is 4.79 Å². The molecule has 0 bridgehead atoms. The zero-order chi connectivity index (χ0) is 14.1. The highest BCUT2D eigenvalue weighted by atomic mass is 16.2. The highest BCUT2D eigenvalue weighted by Crippen LogP contribution is 2.38. The molecule has 108 valence electrons. The van der Waals surface area contributed by atoms with Gasteiger partial charge in [-0.25, -0.2) is 9.97 Å². The Balaban J connectivity index is 1.70. The number of likely N-dealkylation sites (N-methyl/N-ethyl adjacent to an activating group) is 1. The van der Waals surface area contributed by atoms with Crippen LogP contribution in [0.5, 0.6) is 0 Å². The Hall–Kier alpha value is -1.69. The van der Waals surface area contributed by atoms with Crippen LogP contribution >= 0.6 is 0 Å². The number of nitrogens with two attached hydrogens (primary N) is 1. The standard InChI is InChI=1S/C14H21N5O/c1-2-18-5-7-19(8-6-18)14(20)11-9-16-13(10-3-4-10)17-12(11)15/h9-10H,2-8H2,1H3,(H2,15,16,17). The van der Waals surface area contributed by atoms with E-state index in [4.69, 9.17) is 5.73 Å². The van der Waals surface area contributed by atoms with E-state index in [2.05, 4.69) is 21.8 Å². The number of nitrogen functional groups attached to an aromatic ring is 1. The molecule has 0 spiro atoms. The van der Waals surface area contributed by atoms with Crippen molar-refractivity contribution in [3.8, 4) is 0 Å². The summed E-state index contributed by atoms with van der Waals surface area (Å²) >= 11 is 0. The number of hydrogen-bond acceptors (Lipinski definition) is 5. The van der Waals surface area contributed by atoms with E-state index in [0.717, 1.165) is 51.4 Å². The summed E-state index contributed by atoms with van der Waals surface area (Å²) in [4.78, 5) is 25.2. The summed E-state index contributed by atoms with van der Waals surface area (Å²) in [6.45, 7) is 6.50. The molecule has 1 saturated carbocycles. The fourth-order valence-electron chi connectivity index (χ4n) is 2.55. The highest BCUT2D eigenvalue weighted by Gasteiger charge is 2.29. The number of aromatic nitrogens is 2. The largest absolute Gasteiger partial charge is 0.383 e. The minimum Gasteiger partial charge on any atom is -0.383 e. The van der Waals surface area contributed by atoms with E-state index in [9.17, 15) is 4.79 Å². The number of carbonyl (C=O) groups excluding carboxylic acids is 1. The van der Waals surface area contributed by atoms with Crippen LogP contribution in [0, 0.1) is 0 Å². The second-order valence-corrected chi connectivity index (χ2v) is 5.53. The second kappa shape index (κ2) is 5.36. The molecule has 3 rings (SSSR count). The van der Waals surface area contributed by atoms with Crippen molar-refractivity contribution in [3.63, 3.8) is 0 Å². The summed E-state index contributed by atoms with van der Waals surface area (Å²) in [5.41, 5.74) is 6.38. The molecule has 6 nitrogen and oxygen atoms in total. The first-order valence-corrected chi connectivity index (χ1v) is 7.33. The fraction of sp³-hybridized carbons (Fsp3) is 0.643. The highest BCUT2D eigenvalue weighted by molar-refractivity contribution is 5.98. The molecule has 2 aliphatic rings. The number of amides is 1. The lowest BCUT2D eigenvalue weighted by Crippen LogP contribution is -2.48. The predicted octanol–water partition coefficient (Wildman–Crippen LogP) is 0.714. The monoisotopic (exact) mass is 275 g/mol. The molecule has 2 heterocycles. The first-order chi connectivity index (χ1) is 9.69. The molecule has 0 atom stereocenters. The van der Waals surface area contributed by atoms with Crippen molar-refractivity contribution in [1.82, 2.24) is 19.8 Å². The summed E-state index contributed by atoms with van der Waals surface area (Å²) in [6.07, 6.45) is 3.86. The van der Waals surface area contributed by atoms with Crippen LogP contribution in [0.4, 0.5) is 5.82 Å². The van der Waals surface area contributed by atoms with Gasteiger partial charge in [0.1, 0.15) is 17.2 Å². The van der Waals surface area contributed by atoms with Gasteiger partial charge in [-0.2, -0.15) is 0 Å². The van der Waals surface area contributed by atoms with Gasteiger partial charge < -0.3 is 15.5 Å². The van der Waals surface area contributed by atoms with Crippen molar-refractivity contribution >= 4 is 11.7 Å². The third-order valence-electron chi connectivity index (χ3n) is 4.12. The van der Waals surface area contributed by atoms with Crippen LogP contribution in [0.25, 0.3) is 0 Å². The minimum absolute atomic E-state index is 0.0411. The number of rotatable bonds is 3. The van der Waals surface area contributed by atoms with Gasteiger partial charge in [0.05, 0.1) is 0 Å². The van der Waals surface area contributed by atoms with Crippen LogP contribution in [0.3, 0.4) is 0 Å². The SMILES string of the molecule is CCN1CCN(C(=O)c2cnc(C3CC3)nc2N)CC1. The van der Waals surface area contributed by atoms with Crippen LogP contribution in [0.15, 0.2) is 6.20 Å². The van der Waals surface area contributed by atoms with E-state index in [1.807, 2.05) is 4.90 Å². The molecule has 1 aliphatic carbocycles. The summed E-state index contributed by atoms with van der Waals surface area (Å²) in [7, 11) is 0. The molecule has 0 aromatic carbocycles. The predicted molar refractivity (Wildman–Crippen MR) is 76.4 cm³/mol. The second-order valence-electron chi connectivity index (χ2n) is 5.53. The van der Waals surface area contributed by atoms with Gasteiger partial charge in [0.2, 0.25) is 0 Å². The van der Waals surface area contributed by atoms with Crippen LogP contribution in [-0.4, -0.2) is 58.4 Å².